The average Bonchev–Trinajstić information content (AvgIpc) is 2.56. The van der Waals surface area contributed by atoms with Gasteiger partial charge in [0.05, 0.1) is 0 Å². The third-order valence-corrected chi connectivity index (χ3v) is 4.89. The summed E-state index contributed by atoms with van der Waals surface area (Å²) >= 11 is 0. The maximum Gasteiger partial charge on any atom is 0.0406 e. The Bertz CT molecular complexity index is 731. The highest BCUT2D eigenvalue weighted by atomic mass is 14.9. The van der Waals surface area contributed by atoms with Crippen LogP contribution >= 0.6 is 0 Å². The highest BCUT2D eigenvalue weighted by molar-refractivity contribution is 5.64. The molecule has 2 nitrogen and oxygen atoms in total. The van der Waals surface area contributed by atoms with Crippen LogP contribution in [0.4, 0.5) is 11.4 Å². The Balaban J connectivity index is 2.40. The number of nitrogens with one attached hydrogen (secondary N) is 2. The number of hydrogen-bond acceptors (Lipinski definition) is 2. The maximum atomic E-state index is 3.70. The van der Waals surface area contributed by atoms with E-state index in [0.717, 1.165) is 25.9 Å². The van der Waals surface area contributed by atoms with E-state index < -0.39 is 0 Å². The van der Waals surface area contributed by atoms with E-state index in [-0.39, 0.29) is 0 Å². The van der Waals surface area contributed by atoms with Crippen molar-refractivity contribution in [3.05, 3.63) is 57.6 Å². The predicted molar refractivity (Wildman–Crippen MR) is 117 cm³/mol. The van der Waals surface area contributed by atoms with E-state index in [0.29, 0.717) is 0 Å². The van der Waals surface area contributed by atoms with Crippen molar-refractivity contribution in [1.82, 2.24) is 0 Å². The zero-order valence-corrected chi connectivity index (χ0v) is 17.6. The Morgan fingerprint density at radius 1 is 0.654 bits per heavy atom. The second-order valence-electron chi connectivity index (χ2n) is 7.62. The van der Waals surface area contributed by atoms with E-state index >= 15 is 0 Å². The SMILES string of the molecule is CCCCNc1c(C)cc(C)cc1Cc1cc(C)cc(C)c1NCCC. The topological polar surface area (TPSA) is 24.1 Å². The summed E-state index contributed by atoms with van der Waals surface area (Å²) < 4.78 is 0. The summed E-state index contributed by atoms with van der Waals surface area (Å²) in [6.45, 7) is 15.4. The Morgan fingerprint density at radius 3 is 1.62 bits per heavy atom. The van der Waals surface area contributed by atoms with Crippen molar-refractivity contribution in [2.45, 2.75) is 67.2 Å². The van der Waals surface area contributed by atoms with Gasteiger partial charge < -0.3 is 10.6 Å². The van der Waals surface area contributed by atoms with Gasteiger partial charge in [0.1, 0.15) is 0 Å². The Morgan fingerprint density at radius 2 is 1.15 bits per heavy atom. The molecular formula is C24H36N2. The molecule has 0 aliphatic carbocycles. The van der Waals surface area contributed by atoms with Crippen LogP contribution in [0.1, 0.15) is 66.5 Å². The number of unbranched alkanes of at least 4 members (excludes halogenated alkanes) is 1. The van der Waals surface area contributed by atoms with Crippen molar-refractivity contribution in [3.63, 3.8) is 0 Å². The molecule has 0 heterocycles. The molecule has 0 fully saturated rings. The highest BCUT2D eigenvalue weighted by Crippen LogP contribution is 2.30. The molecule has 2 rings (SSSR count). The smallest absolute Gasteiger partial charge is 0.0406 e. The number of benzene rings is 2. The fourth-order valence-electron chi connectivity index (χ4n) is 3.74. The molecule has 0 amide bonds. The average molecular weight is 353 g/mol. The fourth-order valence-corrected chi connectivity index (χ4v) is 3.74. The van der Waals surface area contributed by atoms with Crippen LogP contribution in [0.5, 0.6) is 0 Å². The van der Waals surface area contributed by atoms with E-state index in [1.807, 2.05) is 0 Å². The minimum Gasteiger partial charge on any atom is -0.385 e. The van der Waals surface area contributed by atoms with E-state index in [2.05, 4.69) is 76.4 Å². The summed E-state index contributed by atoms with van der Waals surface area (Å²) in [6, 6.07) is 9.26. The van der Waals surface area contributed by atoms with Crippen LogP contribution in [0.3, 0.4) is 0 Å². The van der Waals surface area contributed by atoms with Crippen LogP contribution in [-0.2, 0) is 6.42 Å². The van der Waals surface area contributed by atoms with Gasteiger partial charge in [-0.15, -0.1) is 0 Å². The first-order chi connectivity index (χ1) is 12.5. The molecule has 2 heteroatoms. The normalized spacial score (nSPS) is 10.8. The summed E-state index contributed by atoms with van der Waals surface area (Å²) in [7, 11) is 0. The molecule has 0 atom stereocenters. The van der Waals surface area contributed by atoms with Crippen molar-refractivity contribution in [2.75, 3.05) is 23.7 Å². The Labute approximate surface area is 160 Å². The van der Waals surface area contributed by atoms with Gasteiger partial charge in [-0.3, -0.25) is 0 Å². The van der Waals surface area contributed by atoms with Gasteiger partial charge in [-0.25, -0.2) is 0 Å². The molecule has 0 saturated carbocycles. The van der Waals surface area contributed by atoms with Gasteiger partial charge in [-0.1, -0.05) is 55.7 Å². The molecule has 0 aliphatic heterocycles. The zero-order valence-electron chi connectivity index (χ0n) is 17.6. The van der Waals surface area contributed by atoms with Crippen molar-refractivity contribution in [1.29, 1.82) is 0 Å². The second-order valence-corrected chi connectivity index (χ2v) is 7.62. The number of rotatable bonds is 9. The first-order valence-electron chi connectivity index (χ1n) is 10.1. The molecule has 26 heavy (non-hydrogen) atoms. The standard InChI is InChI=1S/C24H36N2/c1-7-9-11-26-24-20(6)13-18(4)15-22(24)16-21-14-17(3)12-19(5)23(21)25-10-8-2/h12-15,25-26H,7-11,16H2,1-6H3. The third-order valence-electron chi connectivity index (χ3n) is 4.89. The molecular weight excluding hydrogens is 316 g/mol. The van der Waals surface area contributed by atoms with Crippen molar-refractivity contribution < 1.29 is 0 Å². The molecule has 0 unspecified atom stereocenters. The molecule has 0 bridgehead atoms. The van der Waals surface area contributed by atoms with Crippen LogP contribution in [-0.4, -0.2) is 13.1 Å². The van der Waals surface area contributed by atoms with Gasteiger partial charge in [0.15, 0.2) is 0 Å². The molecule has 2 N–H and O–H groups in total. The van der Waals surface area contributed by atoms with Crippen LogP contribution in [0, 0.1) is 27.7 Å². The quantitative estimate of drug-likeness (QED) is 0.500. The summed E-state index contributed by atoms with van der Waals surface area (Å²) in [5, 5.41) is 7.36. The van der Waals surface area contributed by atoms with E-state index in [4.69, 9.17) is 0 Å². The Hall–Kier alpha value is -1.96. The summed E-state index contributed by atoms with van der Waals surface area (Å²) in [6.07, 6.45) is 4.53. The van der Waals surface area contributed by atoms with Gasteiger partial charge >= 0.3 is 0 Å². The van der Waals surface area contributed by atoms with Crippen molar-refractivity contribution in [3.8, 4) is 0 Å². The molecule has 142 valence electrons. The lowest BCUT2D eigenvalue weighted by atomic mass is 9.94. The van der Waals surface area contributed by atoms with E-state index in [1.54, 1.807) is 0 Å². The van der Waals surface area contributed by atoms with Crippen LogP contribution in [0.15, 0.2) is 24.3 Å². The summed E-state index contributed by atoms with van der Waals surface area (Å²) in [5.74, 6) is 0. The minimum atomic E-state index is 0.964. The van der Waals surface area contributed by atoms with Gasteiger partial charge in [0, 0.05) is 30.9 Å². The molecule has 0 spiro atoms. The molecule has 2 aromatic carbocycles. The highest BCUT2D eigenvalue weighted by Gasteiger charge is 2.12. The lowest BCUT2D eigenvalue weighted by molar-refractivity contribution is 0.832. The van der Waals surface area contributed by atoms with Gasteiger partial charge in [0.2, 0.25) is 0 Å². The van der Waals surface area contributed by atoms with Gasteiger partial charge in [0.25, 0.3) is 0 Å². The summed E-state index contributed by atoms with van der Waals surface area (Å²) in [5.41, 5.74) is 10.8. The van der Waals surface area contributed by atoms with Crippen molar-refractivity contribution in [2.24, 2.45) is 0 Å². The summed E-state index contributed by atoms with van der Waals surface area (Å²) in [4.78, 5) is 0. The van der Waals surface area contributed by atoms with E-state index in [1.165, 1.54) is 57.6 Å². The monoisotopic (exact) mass is 352 g/mol. The fraction of sp³-hybridized carbons (Fsp3) is 0.500. The largest absolute Gasteiger partial charge is 0.385 e. The van der Waals surface area contributed by atoms with Crippen molar-refractivity contribution >= 4 is 11.4 Å². The molecule has 0 saturated heterocycles. The van der Waals surface area contributed by atoms with E-state index in [9.17, 15) is 0 Å². The number of anilines is 2. The first-order valence-corrected chi connectivity index (χ1v) is 10.1. The second kappa shape index (κ2) is 9.66. The first kappa shape index (κ1) is 20.4. The lowest BCUT2D eigenvalue weighted by Gasteiger charge is -2.20. The molecule has 0 aliphatic rings. The van der Waals surface area contributed by atoms with Gasteiger partial charge in [-0.05, 0) is 62.8 Å². The predicted octanol–water partition coefficient (Wildman–Crippen LogP) is 6.54. The molecule has 0 aromatic heterocycles. The number of hydrogen-bond donors (Lipinski definition) is 2. The molecule has 0 radical (unpaired) electrons. The van der Waals surface area contributed by atoms with Crippen LogP contribution in [0.2, 0.25) is 0 Å². The Kier molecular flexibility index (Phi) is 7.56. The third kappa shape index (κ3) is 5.27. The lowest BCUT2D eigenvalue weighted by Crippen LogP contribution is -2.09. The van der Waals surface area contributed by atoms with Gasteiger partial charge in [-0.2, -0.15) is 0 Å². The minimum absolute atomic E-state index is 0.964. The molecule has 2 aromatic rings. The number of aryl methyl sites for hydroxylation is 4. The van der Waals surface area contributed by atoms with Crippen LogP contribution < -0.4 is 10.6 Å². The van der Waals surface area contributed by atoms with Crippen LogP contribution in [0.25, 0.3) is 0 Å². The zero-order chi connectivity index (χ0) is 19.1. The maximum absolute atomic E-state index is 3.70.